The van der Waals surface area contributed by atoms with Crippen LogP contribution < -0.4 is 14.8 Å². The fourth-order valence-corrected chi connectivity index (χ4v) is 3.73. The van der Waals surface area contributed by atoms with Gasteiger partial charge in [0.15, 0.2) is 0 Å². The molecule has 0 atom stereocenters. The number of carbonyl (C=O) groups is 1. The molecule has 3 rings (SSSR count). The zero-order chi connectivity index (χ0) is 21.7. The number of nitrogens with one attached hydrogen (secondary N) is 2. The van der Waals surface area contributed by atoms with E-state index in [9.17, 15) is 23.3 Å². The summed E-state index contributed by atoms with van der Waals surface area (Å²) in [6.07, 6.45) is 0. The minimum atomic E-state index is -4.16. The molecule has 0 saturated heterocycles. The summed E-state index contributed by atoms with van der Waals surface area (Å²) < 4.78 is 32.8. The summed E-state index contributed by atoms with van der Waals surface area (Å²) in [6, 6.07) is 17.3. The van der Waals surface area contributed by atoms with E-state index in [0.717, 1.165) is 6.07 Å². The maximum absolute atomic E-state index is 12.7. The third-order valence-electron chi connectivity index (χ3n) is 4.10. The number of non-ortho nitro benzene ring substituents is 1. The van der Waals surface area contributed by atoms with Crippen LogP contribution in [0.4, 0.5) is 17.1 Å². The van der Waals surface area contributed by atoms with E-state index in [-0.39, 0.29) is 21.8 Å². The average molecular weight is 427 g/mol. The Morgan fingerprint density at radius 1 is 1.00 bits per heavy atom. The number of rotatable bonds is 7. The minimum absolute atomic E-state index is 0.0371. The molecule has 0 aliphatic heterocycles. The van der Waals surface area contributed by atoms with Gasteiger partial charge >= 0.3 is 0 Å². The molecule has 30 heavy (non-hydrogen) atoms. The molecule has 0 spiro atoms. The monoisotopic (exact) mass is 427 g/mol. The van der Waals surface area contributed by atoms with Crippen LogP contribution in [0.1, 0.15) is 10.4 Å². The first-order valence-corrected chi connectivity index (χ1v) is 10.1. The summed E-state index contributed by atoms with van der Waals surface area (Å²) in [4.78, 5) is 22.6. The van der Waals surface area contributed by atoms with Crippen LogP contribution in [-0.2, 0) is 10.0 Å². The fraction of sp³-hybridized carbons (Fsp3) is 0.0500. The summed E-state index contributed by atoms with van der Waals surface area (Å²) in [5.41, 5.74) is 0.262. The van der Waals surface area contributed by atoms with Crippen molar-refractivity contribution in [2.75, 3.05) is 17.1 Å². The van der Waals surface area contributed by atoms with Gasteiger partial charge in [0.05, 0.1) is 28.2 Å². The highest BCUT2D eigenvalue weighted by Gasteiger charge is 2.21. The number of nitrogens with zero attached hydrogens (tertiary/aromatic N) is 1. The van der Waals surface area contributed by atoms with E-state index in [1.807, 2.05) is 0 Å². The number of para-hydroxylation sites is 1. The Bertz CT molecular complexity index is 1190. The van der Waals surface area contributed by atoms with Crippen molar-refractivity contribution in [1.29, 1.82) is 0 Å². The average Bonchev–Trinajstić information content (AvgIpc) is 2.74. The molecule has 9 nitrogen and oxygen atoms in total. The first-order valence-electron chi connectivity index (χ1n) is 8.62. The van der Waals surface area contributed by atoms with Gasteiger partial charge in [0.1, 0.15) is 5.75 Å². The zero-order valence-electron chi connectivity index (χ0n) is 15.7. The Labute approximate surface area is 172 Å². The third-order valence-corrected chi connectivity index (χ3v) is 5.47. The quantitative estimate of drug-likeness (QED) is 0.437. The van der Waals surface area contributed by atoms with Crippen molar-refractivity contribution in [3.05, 3.63) is 88.5 Å². The van der Waals surface area contributed by atoms with Crippen molar-refractivity contribution in [2.24, 2.45) is 0 Å². The highest BCUT2D eigenvalue weighted by molar-refractivity contribution is 7.92. The molecule has 3 aromatic carbocycles. The first-order chi connectivity index (χ1) is 14.3. The van der Waals surface area contributed by atoms with Crippen LogP contribution in [0.15, 0.2) is 77.7 Å². The molecule has 0 aliphatic carbocycles. The van der Waals surface area contributed by atoms with E-state index >= 15 is 0 Å². The summed E-state index contributed by atoms with van der Waals surface area (Å²) in [7, 11) is -2.63. The number of ether oxygens (including phenoxy) is 1. The highest BCUT2D eigenvalue weighted by atomic mass is 32.2. The molecule has 0 fully saturated rings. The van der Waals surface area contributed by atoms with Crippen LogP contribution in [0.25, 0.3) is 0 Å². The van der Waals surface area contributed by atoms with Gasteiger partial charge in [-0.3, -0.25) is 19.6 Å². The van der Waals surface area contributed by atoms with Crippen LogP contribution in [0.5, 0.6) is 5.75 Å². The van der Waals surface area contributed by atoms with E-state index in [1.165, 1.54) is 37.4 Å². The standard InChI is InChI=1S/C20H17N3O6S/c1-29-16-11-9-14(10-12-16)21-20(24)18-7-2-3-8-19(18)22-30(27,28)17-6-4-5-15(13-17)23(25)26/h2-13,22H,1H3,(H,21,24). The molecule has 0 aliphatic rings. The Hall–Kier alpha value is -3.92. The van der Waals surface area contributed by atoms with Gasteiger partial charge in [0, 0.05) is 17.8 Å². The molecule has 1 amide bonds. The van der Waals surface area contributed by atoms with Gasteiger partial charge in [-0.2, -0.15) is 0 Å². The molecule has 0 saturated carbocycles. The number of hydrogen-bond donors (Lipinski definition) is 2. The molecular formula is C20H17N3O6S. The van der Waals surface area contributed by atoms with Crippen LogP contribution in [0.3, 0.4) is 0 Å². The molecule has 10 heteroatoms. The Kier molecular flexibility index (Phi) is 5.98. The van der Waals surface area contributed by atoms with E-state index in [1.54, 1.807) is 36.4 Å². The second-order valence-corrected chi connectivity index (χ2v) is 7.77. The van der Waals surface area contributed by atoms with Crippen LogP contribution >= 0.6 is 0 Å². The topological polar surface area (TPSA) is 128 Å². The second kappa shape index (κ2) is 8.62. The van der Waals surface area contributed by atoms with E-state index in [2.05, 4.69) is 10.0 Å². The second-order valence-electron chi connectivity index (χ2n) is 6.09. The lowest BCUT2D eigenvalue weighted by atomic mass is 10.1. The number of carbonyl (C=O) groups excluding carboxylic acids is 1. The maximum atomic E-state index is 12.7. The van der Waals surface area contributed by atoms with Crippen molar-refractivity contribution >= 4 is 33.0 Å². The minimum Gasteiger partial charge on any atom is -0.497 e. The van der Waals surface area contributed by atoms with E-state index in [4.69, 9.17) is 4.74 Å². The normalized spacial score (nSPS) is 10.8. The van der Waals surface area contributed by atoms with Gasteiger partial charge in [0.2, 0.25) is 0 Å². The Morgan fingerprint density at radius 3 is 2.37 bits per heavy atom. The molecule has 3 aromatic rings. The number of nitro benzene ring substituents is 1. The van der Waals surface area contributed by atoms with Crippen molar-refractivity contribution in [2.45, 2.75) is 4.90 Å². The maximum Gasteiger partial charge on any atom is 0.270 e. The molecule has 0 heterocycles. The Morgan fingerprint density at radius 2 is 1.70 bits per heavy atom. The molecule has 0 unspecified atom stereocenters. The molecule has 0 radical (unpaired) electrons. The summed E-state index contributed by atoms with van der Waals surface area (Å²) in [6.45, 7) is 0. The molecule has 0 aromatic heterocycles. The lowest BCUT2D eigenvalue weighted by molar-refractivity contribution is -0.385. The Balaban J connectivity index is 1.86. The van der Waals surface area contributed by atoms with Gasteiger partial charge in [-0.1, -0.05) is 18.2 Å². The number of hydrogen-bond acceptors (Lipinski definition) is 6. The van der Waals surface area contributed by atoms with Gasteiger partial charge in [-0.25, -0.2) is 8.42 Å². The lowest BCUT2D eigenvalue weighted by Gasteiger charge is -2.13. The third kappa shape index (κ3) is 4.73. The highest BCUT2D eigenvalue weighted by Crippen LogP contribution is 2.24. The van der Waals surface area contributed by atoms with Crippen LogP contribution in [-0.4, -0.2) is 26.4 Å². The van der Waals surface area contributed by atoms with E-state index < -0.39 is 20.9 Å². The summed E-state index contributed by atoms with van der Waals surface area (Å²) in [5.74, 6) is 0.0932. The summed E-state index contributed by atoms with van der Waals surface area (Å²) >= 11 is 0. The number of sulfonamides is 1. The molecule has 154 valence electrons. The smallest absolute Gasteiger partial charge is 0.270 e. The zero-order valence-corrected chi connectivity index (χ0v) is 16.5. The lowest BCUT2D eigenvalue weighted by Crippen LogP contribution is -2.18. The molecular weight excluding hydrogens is 410 g/mol. The first kappa shape index (κ1) is 20.8. The molecule has 2 N–H and O–H groups in total. The van der Waals surface area contributed by atoms with Crippen molar-refractivity contribution in [3.8, 4) is 5.75 Å². The SMILES string of the molecule is COc1ccc(NC(=O)c2ccccc2NS(=O)(=O)c2cccc([N+](=O)[O-])c2)cc1. The van der Waals surface area contributed by atoms with Gasteiger partial charge in [-0.05, 0) is 42.5 Å². The van der Waals surface area contributed by atoms with Gasteiger partial charge in [0.25, 0.3) is 21.6 Å². The van der Waals surface area contributed by atoms with Crippen molar-refractivity contribution in [1.82, 2.24) is 0 Å². The molecule has 0 bridgehead atoms. The van der Waals surface area contributed by atoms with Crippen molar-refractivity contribution in [3.63, 3.8) is 0 Å². The predicted octanol–water partition coefficient (Wildman–Crippen LogP) is 3.66. The number of nitro groups is 1. The van der Waals surface area contributed by atoms with Crippen LogP contribution in [0.2, 0.25) is 0 Å². The predicted molar refractivity (Wildman–Crippen MR) is 111 cm³/mol. The van der Waals surface area contributed by atoms with Gasteiger partial charge in [-0.15, -0.1) is 0 Å². The fourth-order valence-electron chi connectivity index (χ4n) is 2.61. The number of benzene rings is 3. The largest absolute Gasteiger partial charge is 0.497 e. The van der Waals surface area contributed by atoms with Crippen molar-refractivity contribution < 1.29 is 22.9 Å². The van der Waals surface area contributed by atoms with Crippen LogP contribution in [0, 0.1) is 10.1 Å². The number of anilines is 2. The van der Waals surface area contributed by atoms with E-state index in [0.29, 0.717) is 11.4 Å². The van der Waals surface area contributed by atoms with Gasteiger partial charge < -0.3 is 10.1 Å². The number of amides is 1. The summed E-state index contributed by atoms with van der Waals surface area (Å²) in [5, 5.41) is 13.6. The number of methoxy groups -OCH3 is 1.